The molecule has 14 heavy (non-hydrogen) atoms. The second kappa shape index (κ2) is 2.15. The molecule has 0 amide bonds. The summed E-state index contributed by atoms with van der Waals surface area (Å²) in [4.78, 5) is 0. The van der Waals surface area contributed by atoms with Crippen LogP contribution in [0.3, 0.4) is 0 Å². The molecule has 0 aromatic carbocycles. The van der Waals surface area contributed by atoms with Crippen LogP contribution in [0.1, 0.15) is 36.4 Å². The van der Waals surface area contributed by atoms with E-state index in [9.17, 15) is 13.2 Å². The van der Waals surface area contributed by atoms with Crippen LogP contribution in [0.5, 0.6) is 0 Å². The van der Waals surface area contributed by atoms with Crippen molar-refractivity contribution in [1.29, 1.82) is 0 Å². The minimum absolute atomic E-state index is 0.0605. The number of aromatic amines is 1. The molecule has 1 heterocycles. The number of rotatable bonds is 1. The molecule has 5 heteroatoms. The minimum Gasteiger partial charge on any atom is -0.285 e. The summed E-state index contributed by atoms with van der Waals surface area (Å²) in [6, 6.07) is 0. The molecule has 0 saturated heterocycles. The van der Waals surface area contributed by atoms with Crippen LogP contribution in [0, 0.1) is 5.41 Å². The first-order valence-electron chi connectivity index (χ1n) is 4.64. The van der Waals surface area contributed by atoms with Crippen molar-refractivity contribution in [2.45, 2.75) is 31.4 Å². The first-order chi connectivity index (χ1) is 6.53. The summed E-state index contributed by atoms with van der Waals surface area (Å²) in [6.07, 6.45) is -0.269. The first kappa shape index (κ1) is 8.32. The van der Waals surface area contributed by atoms with Gasteiger partial charge < -0.3 is 0 Å². The number of nitrogens with one attached hydrogen (secondary N) is 1. The number of alkyl halides is 3. The van der Waals surface area contributed by atoms with Crippen LogP contribution in [-0.2, 0) is 6.18 Å². The molecule has 0 radical (unpaired) electrons. The average Bonchev–Trinajstić information content (AvgIpc) is 2.94. The summed E-state index contributed by atoms with van der Waals surface area (Å²) >= 11 is 0. The molecule has 3 rings (SSSR count). The van der Waals surface area contributed by atoms with Crippen LogP contribution in [0.4, 0.5) is 13.2 Å². The number of nitrogens with zero attached hydrogens (tertiary/aromatic N) is 1. The summed E-state index contributed by atoms with van der Waals surface area (Å²) in [5, 5.41) is 6.06. The number of hydrogen-bond acceptors (Lipinski definition) is 1. The summed E-state index contributed by atoms with van der Waals surface area (Å²) in [6.45, 7) is 0. The lowest BCUT2D eigenvalue weighted by atomic mass is 10.1. The van der Waals surface area contributed by atoms with Crippen molar-refractivity contribution in [2.24, 2.45) is 5.41 Å². The van der Waals surface area contributed by atoms with Gasteiger partial charge in [0.25, 0.3) is 0 Å². The lowest BCUT2D eigenvalue weighted by Gasteiger charge is -2.05. The molecule has 0 bridgehead atoms. The Labute approximate surface area is 78.5 Å². The predicted octanol–water partition coefficient (Wildman–Crippen LogP) is 2.70. The third-order valence-electron chi connectivity index (χ3n) is 3.39. The Balaban J connectivity index is 1.95. The van der Waals surface area contributed by atoms with Gasteiger partial charge in [0, 0.05) is 12.1 Å². The Morgan fingerprint density at radius 2 is 2.14 bits per heavy atom. The highest BCUT2D eigenvalue weighted by Crippen LogP contribution is 2.75. The zero-order chi connectivity index (χ0) is 9.97. The molecule has 1 spiro atoms. The van der Waals surface area contributed by atoms with E-state index in [1.165, 1.54) is 0 Å². The van der Waals surface area contributed by atoms with E-state index in [4.69, 9.17) is 0 Å². The number of hydrogen-bond donors (Lipinski definition) is 1. The van der Waals surface area contributed by atoms with Gasteiger partial charge >= 0.3 is 6.18 Å². The quantitative estimate of drug-likeness (QED) is 0.745. The highest BCUT2D eigenvalue weighted by molar-refractivity contribution is 5.35. The van der Waals surface area contributed by atoms with Gasteiger partial charge in [0.1, 0.15) is 0 Å². The zero-order valence-corrected chi connectivity index (χ0v) is 7.36. The molecule has 2 nitrogen and oxygen atoms in total. The number of H-pyrrole nitrogens is 1. The highest BCUT2D eigenvalue weighted by Gasteiger charge is 2.65. The van der Waals surface area contributed by atoms with E-state index in [0.717, 1.165) is 25.5 Å². The molecule has 2 saturated carbocycles. The van der Waals surface area contributed by atoms with Gasteiger partial charge in [0.15, 0.2) is 0 Å². The van der Waals surface area contributed by atoms with Gasteiger partial charge in [-0.3, -0.25) is 5.10 Å². The van der Waals surface area contributed by atoms with Crippen molar-refractivity contribution in [1.82, 2.24) is 10.2 Å². The van der Waals surface area contributed by atoms with Crippen molar-refractivity contribution in [3.63, 3.8) is 0 Å². The van der Waals surface area contributed by atoms with Gasteiger partial charge in [-0.2, -0.15) is 18.3 Å². The van der Waals surface area contributed by atoms with Crippen LogP contribution in [0.25, 0.3) is 0 Å². The molecule has 1 aromatic rings. The topological polar surface area (TPSA) is 28.7 Å². The molecule has 1 N–H and O–H groups in total. The SMILES string of the molecule is FC(F)(F)c1c[nH]nc1C1CC12CC2. The maximum Gasteiger partial charge on any atom is 0.419 e. The van der Waals surface area contributed by atoms with E-state index in [1.54, 1.807) is 0 Å². The second-order valence-corrected chi connectivity index (χ2v) is 4.30. The van der Waals surface area contributed by atoms with Gasteiger partial charge in [0.2, 0.25) is 0 Å². The lowest BCUT2D eigenvalue weighted by Crippen LogP contribution is -2.07. The monoisotopic (exact) mass is 202 g/mol. The Bertz CT molecular complexity index is 376. The summed E-state index contributed by atoms with van der Waals surface area (Å²) in [7, 11) is 0. The number of halogens is 3. The van der Waals surface area contributed by atoms with Crippen LogP contribution in [0.2, 0.25) is 0 Å². The average molecular weight is 202 g/mol. The fourth-order valence-electron chi connectivity index (χ4n) is 2.24. The normalized spacial score (nSPS) is 28.1. The Kier molecular flexibility index (Phi) is 1.28. The Morgan fingerprint density at radius 1 is 1.43 bits per heavy atom. The molecule has 1 unspecified atom stereocenters. The van der Waals surface area contributed by atoms with Gasteiger partial charge in [0.05, 0.1) is 11.3 Å². The zero-order valence-electron chi connectivity index (χ0n) is 7.36. The van der Waals surface area contributed by atoms with Crippen molar-refractivity contribution in [3.8, 4) is 0 Å². The number of aromatic nitrogens is 2. The largest absolute Gasteiger partial charge is 0.419 e. The molecule has 76 valence electrons. The minimum atomic E-state index is -4.26. The molecular formula is C9H9F3N2. The molecule has 0 aliphatic heterocycles. The predicted molar refractivity (Wildman–Crippen MR) is 42.6 cm³/mol. The van der Waals surface area contributed by atoms with Crippen LogP contribution >= 0.6 is 0 Å². The van der Waals surface area contributed by atoms with E-state index in [-0.39, 0.29) is 17.0 Å². The fourth-order valence-corrected chi connectivity index (χ4v) is 2.24. The Morgan fingerprint density at radius 3 is 2.64 bits per heavy atom. The van der Waals surface area contributed by atoms with Crippen molar-refractivity contribution in [3.05, 3.63) is 17.5 Å². The van der Waals surface area contributed by atoms with E-state index >= 15 is 0 Å². The van der Waals surface area contributed by atoms with Crippen LogP contribution in [-0.4, -0.2) is 10.2 Å². The van der Waals surface area contributed by atoms with Gasteiger partial charge in [-0.25, -0.2) is 0 Å². The first-order valence-corrected chi connectivity index (χ1v) is 4.64. The third kappa shape index (κ3) is 1.01. The second-order valence-electron chi connectivity index (χ2n) is 4.30. The third-order valence-corrected chi connectivity index (χ3v) is 3.39. The van der Waals surface area contributed by atoms with Crippen molar-refractivity contribution >= 4 is 0 Å². The van der Waals surface area contributed by atoms with E-state index in [1.807, 2.05) is 0 Å². The summed E-state index contributed by atoms with van der Waals surface area (Å²) in [5.74, 6) is 0.0605. The van der Waals surface area contributed by atoms with E-state index < -0.39 is 11.7 Å². The molecule has 2 aliphatic carbocycles. The maximum absolute atomic E-state index is 12.5. The maximum atomic E-state index is 12.5. The standard InChI is InChI=1S/C9H9F3N2/c10-9(11,12)6-4-13-14-7(6)5-3-8(5)1-2-8/h4-5H,1-3H2,(H,13,14). The smallest absolute Gasteiger partial charge is 0.285 e. The molecule has 2 fully saturated rings. The molecule has 1 aromatic heterocycles. The van der Waals surface area contributed by atoms with Crippen molar-refractivity contribution in [2.75, 3.05) is 0 Å². The van der Waals surface area contributed by atoms with E-state index in [2.05, 4.69) is 10.2 Å². The van der Waals surface area contributed by atoms with Crippen LogP contribution in [0.15, 0.2) is 6.20 Å². The van der Waals surface area contributed by atoms with Crippen molar-refractivity contribution < 1.29 is 13.2 Å². The molecular weight excluding hydrogens is 193 g/mol. The highest BCUT2D eigenvalue weighted by atomic mass is 19.4. The van der Waals surface area contributed by atoms with E-state index in [0.29, 0.717) is 0 Å². The molecule has 2 aliphatic rings. The lowest BCUT2D eigenvalue weighted by molar-refractivity contribution is -0.138. The Hall–Kier alpha value is -1.00. The van der Waals surface area contributed by atoms with Gasteiger partial charge in [-0.05, 0) is 24.7 Å². The van der Waals surface area contributed by atoms with Crippen LogP contribution < -0.4 is 0 Å². The van der Waals surface area contributed by atoms with Gasteiger partial charge in [-0.15, -0.1) is 0 Å². The fraction of sp³-hybridized carbons (Fsp3) is 0.667. The summed E-state index contributed by atoms with van der Waals surface area (Å²) < 4.78 is 37.4. The molecule has 1 atom stereocenters. The van der Waals surface area contributed by atoms with Gasteiger partial charge in [-0.1, -0.05) is 0 Å². The summed E-state index contributed by atoms with van der Waals surface area (Å²) in [5.41, 5.74) is -0.129.